The highest BCUT2D eigenvalue weighted by atomic mass is 32.1. The van der Waals surface area contributed by atoms with E-state index in [4.69, 9.17) is 9.97 Å². The number of benzene rings is 6. The van der Waals surface area contributed by atoms with Gasteiger partial charge in [0, 0.05) is 53.5 Å². The molecule has 9 rings (SSSR count). The Morgan fingerprint density at radius 1 is 0.439 bits per heavy atom. The standard InChI is InChI=1S/C38H22N2S/c1-2-9-26-25(8-1)22-39-36-31(26)20-21-32-28-10-3-4-12-30(28)35(40-37(32)36)24-18-16-23(17-19-24)27-13-7-14-33-29-11-5-6-15-34(29)41-38(27)33/h1-22H. The van der Waals surface area contributed by atoms with E-state index in [9.17, 15) is 0 Å². The molecule has 0 N–H and O–H groups in total. The molecular formula is C38H22N2S. The summed E-state index contributed by atoms with van der Waals surface area (Å²) in [5, 5.41) is 9.61. The quantitative estimate of drug-likeness (QED) is 0.205. The van der Waals surface area contributed by atoms with Gasteiger partial charge in [0.1, 0.15) is 0 Å². The Kier molecular flexibility index (Phi) is 4.80. The SMILES string of the molecule is c1ccc2c(c1)cnc1c2ccc2c3ccccc3c(-c3ccc(-c4cccc5c4sc4ccccc45)cc3)nc21. The fraction of sp³-hybridized carbons (Fsp3) is 0. The third-order valence-corrected chi connectivity index (χ3v) is 9.52. The molecule has 0 aliphatic rings. The number of pyridine rings is 2. The molecule has 9 aromatic rings. The minimum Gasteiger partial charge on any atom is -0.253 e. The average Bonchev–Trinajstić information content (AvgIpc) is 3.43. The van der Waals surface area contributed by atoms with Gasteiger partial charge in [-0.2, -0.15) is 0 Å². The molecule has 0 aliphatic carbocycles. The van der Waals surface area contributed by atoms with Crippen molar-refractivity contribution in [3.63, 3.8) is 0 Å². The van der Waals surface area contributed by atoms with Crippen LogP contribution in [0.1, 0.15) is 0 Å². The van der Waals surface area contributed by atoms with Crippen molar-refractivity contribution >= 4 is 74.9 Å². The number of nitrogens with zero attached hydrogens (tertiary/aromatic N) is 2. The zero-order chi connectivity index (χ0) is 26.9. The molecule has 0 radical (unpaired) electrons. The lowest BCUT2D eigenvalue weighted by molar-refractivity contribution is 1.40. The van der Waals surface area contributed by atoms with E-state index in [1.807, 2.05) is 17.5 Å². The smallest absolute Gasteiger partial charge is 0.0978 e. The largest absolute Gasteiger partial charge is 0.253 e. The van der Waals surface area contributed by atoms with Gasteiger partial charge in [-0.1, -0.05) is 121 Å². The maximum absolute atomic E-state index is 5.33. The van der Waals surface area contributed by atoms with Crippen molar-refractivity contribution in [2.45, 2.75) is 0 Å². The van der Waals surface area contributed by atoms with Gasteiger partial charge < -0.3 is 0 Å². The Labute approximate surface area is 240 Å². The van der Waals surface area contributed by atoms with Crippen LogP contribution in [-0.4, -0.2) is 9.97 Å². The predicted octanol–water partition coefficient (Wildman–Crippen LogP) is 10.8. The van der Waals surface area contributed by atoms with Gasteiger partial charge in [0.25, 0.3) is 0 Å². The van der Waals surface area contributed by atoms with E-state index in [1.54, 1.807) is 0 Å². The van der Waals surface area contributed by atoms with Crippen molar-refractivity contribution in [3.8, 4) is 22.4 Å². The first-order valence-electron chi connectivity index (χ1n) is 13.8. The molecule has 0 saturated heterocycles. The summed E-state index contributed by atoms with van der Waals surface area (Å²) >= 11 is 1.87. The zero-order valence-corrected chi connectivity index (χ0v) is 22.8. The van der Waals surface area contributed by atoms with Gasteiger partial charge in [-0.05, 0) is 28.0 Å². The lowest BCUT2D eigenvalue weighted by atomic mass is 9.96. The minimum absolute atomic E-state index is 0.945. The molecule has 0 bridgehead atoms. The molecule has 190 valence electrons. The maximum atomic E-state index is 5.33. The van der Waals surface area contributed by atoms with Gasteiger partial charge in [-0.3, -0.25) is 4.98 Å². The number of hydrogen-bond donors (Lipinski definition) is 0. The highest BCUT2D eigenvalue weighted by molar-refractivity contribution is 7.26. The highest BCUT2D eigenvalue weighted by Gasteiger charge is 2.15. The van der Waals surface area contributed by atoms with Crippen LogP contribution >= 0.6 is 11.3 Å². The van der Waals surface area contributed by atoms with Gasteiger partial charge in [0.2, 0.25) is 0 Å². The molecular weight excluding hydrogens is 516 g/mol. The van der Waals surface area contributed by atoms with E-state index in [-0.39, 0.29) is 0 Å². The van der Waals surface area contributed by atoms with Crippen LogP contribution in [0.5, 0.6) is 0 Å². The van der Waals surface area contributed by atoms with Gasteiger partial charge in [0.15, 0.2) is 0 Å². The molecule has 3 aromatic heterocycles. The van der Waals surface area contributed by atoms with Crippen LogP contribution in [0.3, 0.4) is 0 Å². The normalized spacial score (nSPS) is 11.9. The minimum atomic E-state index is 0.945. The first-order valence-corrected chi connectivity index (χ1v) is 14.7. The first-order chi connectivity index (χ1) is 20.3. The van der Waals surface area contributed by atoms with E-state index in [0.29, 0.717) is 0 Å². The summed E-state index contributed by atoms with van der Waals surface area (Å²) in [6.07, 6.45) is 1.97. The van der Waals surface area contributed by atoms with Crippen LogP contribution in [-0.2, 0) is 0 Å². The van der Waals surface area contributed by atoms with Crippen molar-refractivity contribution in [2.24, 2.45) is 0 Å². The summed E-state index contributed by atoms with van der Waals surface area (Å²) in [7, 11) is 0. The van der Waals surface area contributed by atoms with Gasteiger partial charge in [-0.15, -0.1) is 11.3 Å². The predicted molar refractivity (Wildman–Crippen MR) is 176 cm³/mol. The lowest BCUT2D eigenvalue weighted by Gasteiger charge is -2.13. The van der Waals surface area contributed by atoms with E-state index < -0.39 is 0 Å². The summed E-state index contributed by atoms with van der Waals surface area (Å²) in [6, 6.07) is 45.7. The number of rotatable bonds is 2. The number of thiophene rings is 1. The summed E-state index contributed by atoms with van der Waals surface area (Å²) in [6.45, 7) is 0. The van der Waals surface area contributed by atoms with Crippen molar-refractivity contribution in [1.29, 1.82) is 0 Å². The Balaban J connectivity index is 1.26. The van der Waals surface area contributed by atoms with E-state index in [1.165, 1.54) is 42.1 Å². The topological polar surface area (TPSA) is 25.8 Å². The molecule has 41 heavy (non-hydrogen) atoms. The molecule has 2 nitrogen and oxygen atoms in total. The fourth-order valence-electron chi connectivity index (χ4n) is 6.35. The van der Waals surface area contributed by atoms with Crippen LogP contribution < -0.4 is 0 Å². The van der Waals surface area contributed by atoms with Crippen LogP contribution in [0.4, 0.5) is 0 Å². The van der Waals surface area contributed by atoms with Crippen molar-refractivity contribution < 1.29 is 0 Å². The molecule has 6 aromatic carbocycles. The van der Waals surface area contributed by atoms with Crippen molar-refractivity contribution in [2.75, 3.05) is 0 Å². The second-order valence-electron chi connectivity index (χ2n) is 10.6. The number of fused-ring (bicyclic) bond motifs is 10. The van der Waals surface area contributed by atoms with E-state index in [2.05, 4.69) is 127 Å². The Hall–Kier alpha value is -5.12. The maximum Gasteiger partial charge on any atom is 0.0978 e. The van der Waals surface area contributed by atoms with Crippen molar-refractivity contribution in [1.82, 2.24) is 9.97 Å². The molecule has 3 heterocycles. The first kappa shape index (κ1) is 22.7. The second kappa shape index (κ2) is 8.69. The number of aromatic nitrogens is 2. The van der Waals surface area contributed by atoms with Crippen LogP contribution in [0, 0.1) is 0 Å². The van der Waals surface area contributed by atoms with Crippen molar-refractivity contribution in [3.05, 3.63) is 134 Å². The summed E-state index contributed by atoms with van der Waals surface area (Å²) in [5.41, 5.74) is 6.47. The molecule has 0 spiro atoms. The fourth-order valence-corrected chi connectivity index (χ4v) is 7.58. The summed E-state index contributed by atoms with van der Waals surface area (Å²) < 4.78 is 2.66. The number of hydrogen-bond acceptors (Lipinski definition) is 3. The molecule has 0 saturated carbocycles. The Bertz CT molecular complexity index is 2470. The lowest BCUT2D eigenvalue weighted by Crippen LogP contribution is -1.93. The second-order valence-corrected chi connectivity index (χ2v) is 11.6. The monoisotopic (exact) mass is 538 g/mol. The van der Waals surface area contributed by atoms with Crippen LogP contribution in [0.2, 0.25) is 0 Å². The van der Waals surface area contributed by atoms with Gasteiger partial charge in [0.05, 0.1) is 16.7 Å². The molecule has 0 unspecified atom stereocenters. The molecule has 0 atom stereocenters. The summed E-state index contributed by atoms with van der Waals surface area (Å²) in [4.78, 5) is 10.2. The van der Waals surface area contributed by atoms with Crippen LogP contribution in [0.25, 0.3) is 85.9 Å². The molecule has 0 amide bonds. The Morgan fingerprint density at radius 3 is 1.95 bits per heavy atom. The molecule has 0 fully saturated rings. The Morgan fingerprint density at radius 2 is 1.10 bits per heavy atom. The zero-order valence-electron chi connectivity index (χ0n) is 22.0. The molecule has 0 aliphatic heterocycles. The van der Waals surface area contributed by atoms with Crippen LogP contribution in [0.15, 0.2) is 134 Å². The third-order valence-electron chi connectivity index (χ3n) is 8.30. The average molecular weight is 539 g/mol. The van der Waals surface area contributed by atoms with Gasteiger partial charge >= 0.3 is 0 Å². The molecule has 3 heteroatoms. The summed E-state index contributed by atoms with van der Waals surface area (Å²) in [5.74, 6) is 0. The van der Waals surface area contributed by atoms with Gasteiger partial charge in [-0.25, -0.2) is 4.98 Å². The van der Waals surface area contributed by atoms with E-state index >= 15 is 0 Å². The highest BCUT2D eigenvalue weighted by Crippen LogP contribution is 2.41. The van der Waals surface area contributed by atoms with E-state index in [0.717, 1.165) is 43.8 Å². The third kappa shape index (κ3) is 3.36.